The molecule has 0 radical (unpaired) electrons. The lowest BCUT2D eigenvalue weighted by molar-refractivity contribution is -0.115. The predicted molar refractivity (Wildman–Crippen MR) is 81.8 cm³/mol. The summed E-state index contributed by atoms with van der Waals surface area (Å²) in [6.45, 7) is 0. The lowest BCUT2D eigenvalue weighted by Crippen LogP contribution is -2.18. The molecule has 2 rings (SSSR count). The fourth-order valence-electron chi connectivity index (χ4n) is 1.87. The zero-order chi connectivity index (χ0) is 14.5. The van der Waals surface area contributed by atoms with Crippen molar-refractivity contribution in [1.29, 1.82) is 0 Å². The molecule has 5 nitrogen and oxygen atoms in total. The Morgan fingerprint density at radius 1 is 1.25 bits per heavy atom. The number of carbonyl (C=O) groups excluding carboxylic acids is 1. The van der Waals surface area contributed by atoms with Crippen LogP contribution in [0.4, 0.5) is 17.1 Å². The van der Waals surface area contributed by atoms with E-state index in [4.69, 9.17) is 5.73 Å². The summed E-state index contributed by atoms with van der Waals surface area (Å²) >= 11 is 0. The van der Waals surface area contributed by atoms with Crippen molar-refractivity contribution in [1.82, 2.24) is 4.98 Å². The largest absolute Gasteiger partial charge is 0.397 e. The Morgan fingerprint density at radius 2 is 2.00 bits per heavy atom. The number of nitrogen functional groups attached to an aromatic ring is 1. The van der Waals surface area contributed by atoms with Crippen LogP contribution in [0.1, 0.15) is 5.69 Å². The third kappa shape index (κ3) is 3.47. The van der Waals surface area contributed by atoms with Gasteiger partial charge >= 0.3 is 0 Å². The number of aromatic nitrogens is 1. The normalized spacial score (nSPS) is 10.1. The van der Waals surface area contributed by atoms with Crippen LogP contribution < -0.4 is 16.0 Å². The second kappa shape index (κ2) is 6.06. The van der Waals surface area contributed by atoms with Gasteiger partial charge in [0.05, 0.1) is 29.7 Å². The predicted octanol–water partition coefficient (Wildman–Crippen LogP) is 1.91. The Bertz CT molecular complexity index is 593. The van der Waals surface area contributed by atoms with Crippen molar-refractivity contribution < 1.29 is 4.79 Å². The molecule has 0 fully saturated rings. The molecule has 0 unspecified atom stereocenters. The molecule has 1 heterocycles. The molecule has 3 N–H and O–H groups in total. The molecular weight excluding hydrogens is 252 g/mol. The van der Waals surface area contributed by atoms with Crippen molar-refractivity contribution in [2.45, 2.75) is 6.42 Å². The highest BCUT2D eigenvalue weighted by Gasteiger charge is 2.09. The van der Waals surface area contributed by atoms with Gasteiger partial charge in [0.15, 0.2) is 0 Å². The van der Waals surface area contributed by atoms with Crippen LogP contribution in [0.2, 0.25) is 0 Å². The van der Waals surface area contributed by atoms with Gasteiger partial charge in [-0.05, 0) is 24.3 Å². The average molecular weight is 270 g/mol. The van der Waals surface area contributed by atoms with Crippen LogP contribution in [0.3, 0.4) is 0 Å². The SMILES string of the molecule is CN(C)c1ccccc1NC(=O)Cc1ccc(N)cn1. The Hall–Kier alpha value is -2.56. The van der Waals surface area contributed by atoms with E-state index in [-0.39, 0.29) is 12.3 Å². The molecule has 0 aliphatic rings. The number of nitrogens with one attached hydrogen (secondary N) is 1. The molecule has 1 amide bonds. The quantitative estimate of drug-likeness (QED) is 0.890. The van der Waals surface area contributed by atoms with Gasteiger partial charge in [-0.2, -0.15) is 0 Å². The van der Waals surface area contributed by atoms with Crippen molar-refractivity contribution in [3.05, 3.63) is 48.3 Å². The molecular formula is C15H18N4O. The van der Waals surface area contributed by atoms with Gasteiger partial charge in [0, 0.05) is 19.8 Å². The number of rotatable bonds is 4. The van der Waals surface area contributed by atoms with Crippen molar-refractivity contribution in [2.75, 3.05) is 30.0 Å². The summed E-state index contributed by atoms with van der Waals surface area (Å²) < 4.78 is 0. The van der Waals surface area contributed by atoms with Gasteiger partial charge in [-0.3, -0.25) is 9.78 Å². The molecule has 5 heteroatoms. The molecule has 0 bridgehead atoms. The van der Waals surface area contributed by atoms with Gasteiger partial charge < -0.3 is 16.0 Å². The average Bonchev–Trinajstić information content (AvgIpc) is 2.41. The third-order valence-electron chi connectivity index (χ3n) is 2.85. The van der Waals surface area contributed by atoms with Crippen LogP contribution in [-0.4, -0.2) is 25.0 Å². The maximum Gasteiger partial charge on any atom is 0.230 e. The molecule has 20 heavy (non-hydrogen) atoms. The topological polar surface area (TPSA) is 71.2 Å². The van der Waals surface area contributed by atoms with E-state index < -0.39 is 0 Å². The fraction of sp³-hybridized carbons (Fsp3) is 0.200. The monoisotopic (exact) mass is 270 g/mol. The summed E-state index contributed by atoms with van der Waals surface area (Å²) in [5, 5.41) is 2.90. The van der Waals surface area contributed by atoms with E-state index in [1.54, 1.807) is 18.3 Å². The van der Waals surface area contributed by atoms with E-state index in [9.17, 15) is 4.79 Å². The highest BCUT2D eigenvalue weighted by Crippen LogP contribution is 2.23. The van der Waals surface area contributed by atoms with Crippen molar-refractivity contribution in [2.24, 2.45) is 0 Å². The van der Waals surface area contributed by atoms with Gasteiger partial charge in [-0.1, -0.05) is 12.1 Å². The number of benzene rings is 1. The molecule has 104 valence electrons. The summed E-state index contributed by atoms with van der Waals surface area (Å²) in [6, 6.07) is 11.2. The number of para-hydroxylation sites is 2. The third-order valence-corrected chi connectivity index (χ3v) is 2.85. The second-order valence-electron chi connectivity index (χ2n) is 4.72. The Balaban J connectivity index is 2.07. The lowest BCUT2D eigenvalue weighted by atomic mass is 10.2. The minimum Gasteiger partial charge on any atom is -0.397 e. The van der Waals surface area contributed by atoms with E-state index >= 15 is 0 Å². The first kappa shape index (κ1) is 13.9. The highest BCUT2D eigenvalue weighted by atomic mass is 16.1. The van der Waals surface area contributed by atoms with Crippen LogP contribution >= 0.6 is 0 Å². The zero-order valence-electron chi connectivity index (χ0n) is 11.6. The van der Waals surface area contributed by atoms with Crippen molar-refractivity contribution in [3.8, 4) is 0 Å². The van der Waals surface area contributed by atoms with Crippen LogP contribution in [0.25, 0.3) is 0 Å². The van der Waals surface area contributed by atoms with E-state index in [1.807, 2.05) is 43.3 Å². The first-order chi connectivity index (χ1) is 9.56. The Morgan fingerprint density at radius 3 is 2.65 bits per heavy atom. The van der Waals surface area contributed by atoms with Crippen LogP contribution in [-0.2, 0) is 11.2 Å². The van der Waals surface area contributed by atoms with Crippen LogP contribution in [0.5, 0.6) is 0 Å². The molecule has 1 aromatic carbocycles. The van der Waals surface area contributed by atoms with Gasteiger partial charge in [0.1, 0.15) is 0 Å². The second-order valence-corrected chi connectivity index (χ2v) is 4.72. The minimum atomic E-state index is -0.100. The number of amides is 1. The molecule has 0 atom stereocenters. The van der Waals surface area contributed by atoms with Crippen molar-refractivity contribution in [3.63, 3.8) is 0 Å². The van der Waals surface area contributed by atoms with Gasteiger partial charge in [-0.25, -0.2) is 0 Å². The number of hydrogen-bond acceptors (Lipinski definition) is 4. The molecule has 0 aliphatic heterocycles. The van der Waals surface area contributed by atoms with E-state index in [1.165, 1.54) is 0 Å². The summed E-state index contributed by atoms with van der Waals surface area (Å²) in [6.07, 6.45) is 1.78. The smallest absolute Gasteiger partial charge is 0.230 e. The molecule has 2 aromatic rings. The number of nitrogens with zero attached hydrogens (tertiary/aromatic N) is 2. The summed E-state index contributed by atoms with van der Waals surface area (Å²) in [7, 11) is 3.87. The number of nitrogens with two attached hydrogens (primary N) is 1. The Kier molecular flexibility index (Phi) is 4.20. The molecule has 1 aromatic heterocycles. The molecule has 0 saturated heterocycles. The first-order valence-corrected chi connectivity index (χ1v) is 6.33. The van der Waals surface area contributed by atoms with Crippen LogP contribution in [0.15, 0.2) is 42.6 Å². The van der Waals surface area contributed by atoms with Gasteiger partial charge in [-0.15, -0.1) is 0 Å². The highest BCUT2D eigenvalue weighted by molar-refractivity contribution is 5.95. The number of pyridine rings is 1. The number of carbonyl (C=O) groups is 1. The summed E-state index contributed by atoms with van der Waals surface area (Å²) in [5.41, 5.74) is 8.60. The first-order valence-electron chi connectivity index (χ1n) is 6.33. The van der Waals surface area contributed by atoms with E-state index in [0.29, 0.717) is 11.4 Å². The van der Waals surface area contributed by atoms with E-state index in [0.717, 1.165) is 11.4 Å². The summed E-state index contributed by atoms with van der Waals surface area (Å²) in [5.74, 6) is -0.100. The lowest BCUT2D eigenvalue weighted by Gasteiger charge is -2.17. The Labute approximate surface area is 118 Å². The number of hydrogen-bond donors (Lipinski definition) is 2. The standard InChI is InChI=1S/C15H18N4O/c1-19(2)14-6-4-3-5-13(14)18-15(20)9-12-8-7-11(16)10-17-12/h3-8,10H,9,16H2,1-2H3,(H,18,20). The van der Waals surface area contributed by atoms with Gasteiger partial charge in [0.25, 0.3) is 0 Å². The number of anilines is 3. The molecule has 0 aliphatic carbocycles. The molecule has 0 spiro atoms. The summed E-state index contributed by atoms with van der Waals surface area (Å²) in [4.78, 5) is 18.1. The van der Waals surface area contributed by atoms with Gasteiger partial charge in [0.2, 0.25) is 5.91 Å². The maximum atomic E-state index is 12.0. The maximum absolute atomic E-state index is 12.0. The van der Waals surface area contributed by atoms with Crippen LogP contribution in [0, 0.1) is 0 Å². The van der Waals surface area contributed by atoms with E-state index in [2.05, 4.69) is 10.3 Å². The minimum absolute atomic E-state index is 0.100. The zero-order valence-corrected chi connectivity index (χ0v) is 11.6. The fourth-order valence-corrected chi connectivity index (χ4v) is 1.87. The molecule has 0 saturated carbocycles. The van der Waals surface area contributed by atoms with Crippen molar-refractivity contribution >= 4 is 23.0 Å².